The van der Waals surface area contributed by atoms with Crippen LogP contribution in [0.1, 0.15) is 44.9 Å². The topological polar surface area (TPSA) is 78.5 Å². The first-order chi connectivity index (χ1) is 10.9. The van der Waals surface area contributed by atoms with Gasteiger partial charge in [-0.15, -0.1) is 0 Å². The molecule has 2 aliphatic heterocycles. The Hall–Kier alpha value is -0.890. The molecule has 2 unspecified atom stereocenters. The molecule has 0 aromatic rings. The molecule has 3 fully saturated rings. The molecule has 2 atom stereocenters. The molecule has 132 valence electrons. The number of carbonyl (C=O) groups excluding carboxylic acids is 1. The van der Waals surface area contributed by atoms with Gasteiger partial charge >= 0.3 is 6.03 Å². The Kier molecular flexibility index (Phi) is 4.83. The van der Waals surface area contributed by atoms with Gasteiger partial charge in [0.05, 0.1) is 12.9 Å². The van der Waals surface area contributed by atoms with Crippen LogP contribution in [-0.4, -0.2) is 56.4 Å². The molecular weight excluding hydrogens is 321 g/mol. The van der Waals surface area contributed by atoms with Gasteiger partial charge in [0.2, 0.25) is 10.0 Å². The first-order valence-corrected chi connectivity index (χ1v) is 10.4. The van der Waals surface area contributed by atoms with E-state index in [0.717, 1.165) is 31.9 Å². The molecule has 2 amide bonds. The number of fused-ring (bicyclic) bond motifs is 2. The molecule has 2 N–H and O–H groups in total. The Balaban J connectivity index is 1.47. The van der Waals surface area contributed by atoms with E-state index < -0.39 is 10.0 Å². The maximum absolute atomic E-state index is 12.5. The molecular formula is C15H26FN3O3S. The van der Waals surface area contributed by atoms with Crippen LogP contribution in [0.25, 0.3) is 0 Å². The number of nitrogens with one attached hydrogen (secondary N) is 2. The fourth-order valence-corrected chi connectivity index (χ4v) is 5.19. The normalized spacial score (nSPS) is 36.6. The highest BCUT2D eigenvalue weighted by molar-refractivity contribution is 7.88. The van der Waals surface area contributed by atoms with Crippen molar-refractivity contribution in [2.45, 2.75) is 69.1 Å². The Morgan fingerprint density at radius 1 is 1.13 bits per heavy atom. The number of hydrogen-bond acceptors (Lipinski definition) is 3. The van der Waals surface area contributed by atoms with Gasteiger partial charge in [-0.3, -0.25) is 4.39 Å². The molecule has 23 heavy (non-hydrogen) atoms. The zero-order chi connectivity index (χ0) is 16.6. The van der Waals surface area contributed by atoms with Gasteiger partial charge in [0.25, 0.3) is 0 Å². The van der Waals surface area contributed by atoms with Crippen molar-refractivity contribution in [3.63, 3.8) is 0 Å². The van der Waals surface area contributed by atoms with Crippen molar-refractivity contribution in [1.29, 1.82) is 0 Å². The van der Waals surface area contributed by atoms with Gasteiger partial charge in [-0.2, -0.15) is 0 Å². The Morgan fingerprint density at radius 3 is 2.26 bits per heavy atom. The molecule has 0 spiro atoms. The number of piperidine rings is 1. The second-order valence-corrected chi connectivity index (χ2v) is 9.09. The Morgan fingerprint density at radius 2 is 1.74 bits per heavy atom. The monoisotopic (exact) mass is 347 g/mol. The van der Waals surface area contributed by atoms with Gasteiger partial charge in [0.1, 0.15) is 0 Å². The summed E-state index contributed by atoms with van der Waals surface area (Å²) in [6.07, 6.45) is 6.92. The van der Waals surface area contributed by atoms with Gasteiger partial charge in [-0.1, -0.05) is 0 Å². The predicted octanol–water partition coefficient (Wildman–Crippen LogP) is 1.38. The summed E-state index contributed by atoms with van der Waals surface area (Å²) < 4.78 is 37.4. The van der Waals surface area contributed by atoms with Gasteiger partial charge in [0.15, 0.2) is 0 Å². The van der Waals surface area contributed by atoms with Crippen LogP contribution in [-0.2, 0) is 10.0 Å². The van der Waals surface area contributed by atoms with Crippen molar-refractivity contribution >= 4 is 16.1 Å². The van der Waals surface area contributed by atoms with E-state index >= 15 is 0 Å². The second-order valence-electron chi connectivity index (χ2n) is 7.31. The third-order valence-corrected chi connectivity index (χ3v) is 6.19. The highest BCUT2D eigenvalue weighted by Gasteiger charge is 2.44. The van der Waals surface area contributed by atoms with Crippen molar-refractivity contribution in [2.75, 3.05) is 12.9 Å². The highest BCUT2D eigenvalue weighted by Crippen LogP contribution is 2.40. The number of sulfonamides is 1. The van der Waals surface area contributed by atoms with Crippen molar-refractivity contribution in [1.82, 2.24) is 14.9 Å². The lowest BCUT2D eigenvalue weighted by Gasteiger charge is -2.42. The van der Waals surface area contributed by atoms with Crippen LogP contribution in [0, 0.1) is 5.92 Å². The lowest BCUT2D eigenvalue weighted by Crippen LogP contribution is -2.58. The summed E-state index contributed by atoms with van der Waals surface area (Å²) in [5, 5.41) is 3.03. The van der Waals surface area contributed by atoms with Gasteiger partial charge in [0, 0.05) is 24.2 Å². The molecule has 1 saturated carbocycles. The van der Waals surface area contributed by atoms with Crippen LogP contribution in [0.5, 0.6) is 0 Å². The third kappa shape index (κ3) is 3.96. The molecule has 0 aromatic heterocycles. The van der Waals surface area contributed by atoms with Crippen molar-refractivity contribution in [3.8, 4) is 0 Å². The summed E-state index contributed by atoms with van der Waals surface area (Å²) in [5.74, 6) is 0.411. The molecule has 2 heterocycles. The maximum atomic E-state index is 12.5. The molecule has 3 rings (SSSR count). The van der Waals surface area contributed by atoms with E-state index in [-0.39, 0.29) is 36.9 Å². The zero-order valence-corrected chi connectivity index (χ0v) is 14.3. The summed E-state index contributed by atoms with van der Waals surface area (Å²) in [7, 11) is -3.18. The average Bonchev–Trinajstić information content (AvgIpc) is 2.67. The first kappa shape index (κ1) is 17.0. The molecule has 3 aliphatic rings. The molecule has 8 heteroatoms. The third-order valence-electron chi connectivity index (χ3n) is 5.43. The molecule has 0 radical (unpaired) electrons. The summed E-state index contributed by atoms with van der Waals surface area (Å²) in [5.41, 5.74) is 0. The van der Waals surface area contributed by atoms with E-state index in [2.05, 4.69) is 10.0 Å². The number of hydrogen-bond donors (Lipinski definition) is 2. The summed E-state index contributed by atoms with van der Waals surface area (Å²) >= 11 is 0. The van der Waals surface area contributed by atoms with Crippen LogP contribution in [0.2, 0.25) is 0 Å². The van der Waals surface area contributed by atoms with Crippen LogP contribution < -0.4 is 10.0 Å². The largest absolute Gasteiger partial charge is 0.335 e. The molecule has 2 saturated heterocycles. The summed E-state index contributed by atoms with van der Waals surface area (Å²) in [6, 6.07) is 0.441. The van der Waals surface area contributed by atoms with Gasteiger partial charge in [-0.05, 0) is 50.9 Å². The minimum absolute atomic E-state index is 0.0287. The van der Waals surface area contributed by atoms with Crippen molar-refractivity contribution in [3.05, 3.63) is 0 Å². The van der Waals surface area contributed by atoms with E-state index in [0.29, 0.717) is 25.2 Å². The molecule has 0 aromatic carbocycles. The Bertz CT molecular complexity index is 536. The molecule has 6 nitrogen and oxygen atoms in total. The quantitative estimate of drug-likeness (QED) is 0.789. The lowest BCUT2D eigenvalue weighted by atomic mass is 9.87. The van der Waals surface area contributed by atoms with E-state index in [1.54, 1.807) is 0 Å². The number of halogens is 1. The van der Waals surface area contributed by atoms with Gasteiger partial charge in [-0.25, -0.2) is 17.9 Å². The fraction of sp³-hybridized carbons (Fsp3) is 0.933. The van der Waals surface area contributed by atoms with Gasteiger partial charge < -0.3 is 10.2 Å². The van der Waals surface area contributed by atoms with E-state index in [4.69, 9.17) is 0 Å². The van der Waals surface area contributed by atoms with Crippen molar-refractivity contribution in [2.24, 2.45) is 5.92 Å². The summed E-state index contributed by atoms with van der Waals surface area (Å²) in [4.78, 5) is 14.5. The van der Waals surface area contributed by atoms with Crippen molar-refractivity contribution < 1.29 is 17.6 Å². The Labute approximate surface area is 137 Å². The first-order valence-electron chi connectivity index (χ1n) is 8.48. The minimum Gasteiger partial charge on any atom is -0.335 e. The number of urea groups is 1. The van der Waals surface area contributed by atoms with E-state index in [9.17, 15) is 17.6 Å². The number of alkyl halides is 1. The standard InChI is InChI=1S/C15H26FN3O3S/c1-23(21,22)18-12-8-11(9-12)17-15(20)19-13-2-3-14(19)7-10(6-13)4-5-16/h10-14,18H,2-9H2,1H3,(H,17,20). The molecule has 1 aliphatic carbocycles. The fourth-order valence-electron chi connectivity index (χ4n) is 4.40. The zero-order valence-electron chi connectivity index (χ0n) is 13.5. The van der Waals surface area contributed by atoms with Crippen LogP contribution in [0.4, 0.5) is 9.18 Å². The predicted molar refractivity (Wildman–Crippen MR) is 85.3 cm³/mol. The SMILES string of the molecule is CS(=O)(=O)NC1CC(NC(=O)N2C3CCC2CC(CCF)C3)C1. The summed E-state index contributed by atoms with van der Waals surface area (Å²) in [6.45, 7) is -0.271. The van der Waals surface area contributed by atoms with Crippen LogP contribution >= 0.6 is 0 Å². The number of nitrogens with zero attached hydrogens (tertiary/aromatic N) is 1. The highest BCUT2D eigenvalue weighted by atomic mass is 32.2. The molecule has 2 bridgehead atoms. The second kappa shape index (κ2) is 6.55. The van der Waals surface area contributed by atoms with E-state index in [1.807, 2.05) is 4.90 Å². The minimum atomic E-state index is -3.18. The van der Waals surface area contributed by atoms with E-state index in [1.165, 1.54) is 0 Å². The van der Waals surface area contributed by atoms with Crippen LogP contribution in [0.3, 0.4) is 0 Å². The number of amides is 2. The average molecular weight is 347 g/mol. The number of carbonyl (C=O) groups is 1. The smallest absolute Gasteiger partial charge is 0.318 e. The number of rotatable bonds is 5. The maximum Gasteiger partial charge on any atom is 0.318 e. The lowest BCUT2D eigenvalue weighted by molar-refractivity contribution is 0.109. The van der Waals surface area contributed by atoms with Crippen LogP contribution in [0.15, 0.2) is 0 Å².